The van der Waals surface area contributed by atoms with Crippen LogP contribution >= 0.6 is 0 Å². The van der Waals surface area contributed by atoms with Gasteiger partial charge in [-0.25, -0.2) is 0 Å². The minimum Gasteiger partial charge on any atom is -0.404 e. The molecule has 3 saturated carbocycles. The van der Waals surface area contributed by atoms with Crippen molar-refractivity contribution in [3.05, 3.63) is 59.7 Å². The van der Waals surface area contributed by atoms with Gasteiger partial charge in [0, 0.05) is 18.0 Å². The van der Waals surface area contributed by atoms with Crippen molar-refractivity contribution in [3.8, 4) is 11.1 Å². The number of carbonyl (C=O) groups is 6. The summed E-state index contributed by atoms with van der Waals surface area (Å²) in [7, 11) is -0.746. The number of likely N-dealkylation sites (tertiary alicyclic amines) is 1. The summed E-state index contributed by atoms with van der Waals surface area (Å²) in [5, 5.41) is 21.1. The summed E-state index contributed by atoms with van der Waals surface area (Å²) in [5.74, 6) is -4.09. The molecule has 2 aromatic carbocycles. The van der Waals surface area contributed by atoms with Gasteiger partial charge in [0.2, 0.25) is 29.5 Å². The maximum absolute atomic E-state index is 13.9. The summed E-state index contributed by atoms with van der Waals surface area (Å²) in [6.07, 6.45) is 6.06. The van der Waals surface area contributed by atoms with Crippen molar-refractivity contribution in [3.63, 3.8) is 0 Å². The molecule has 65 heavy (non-hydrogen) atoms. The number of aryl methyl sites for hydroxylation is 1. The van der Waals surface area contributed by atoms with Crippen molar-refractivity contribution < 1.29 is 48.9 Å². The quantitative estimate of drug-likeness (QED) is 0.0759. The van der Waals surface area contributed by atoms with Crippen LogP contribution in [0.25, 0.3) is 11.1 Å². The number of primary amides is 1. The highest BCUT2D eigenvalue weighted by Crippen LogP contribution is 2.65. The van der Waals surface area contributed by atoms with Crippen molar-refractivity contribution in [2.45, 2.75) is 154 Å². The fourth-order valence-corrected chi connectivity index (χ4v) is 10.4. The number of nitrogens with zero attached hydrogens (tertiary/aromatic N) is 1. The molecule has 0 aromatic heterocycles. The summed E-state index contributed by atoms with van der Waals surface area (Å²) in [5.41, 5.74) is 12.8. The first-order chi connectivity index (χ1) is 30.8. The van der Waals surface area contributed by atoms with Gasteiger partial charge in [0.25, 0.3) is 5.91 Å². The largest absolute Gasteiger partial charge is 0.481 e. The first kappa shape index (κ1) is 49.6. The number of rotatable bonds is 20. The van der Waals surface area contributed by atoms with E-state index in [2.05, 4.69) is 79.0 Å². The smallest absolute Gasteiger partial charge is 0.404 e. The third kappa shape index (κ3) is 11.1. The van der Waals surface area contributed by atoms with Gasteiger partial charge in [0.1, 0.15) is 24.2 Å². The minimum atomic E-state index is -1.51. The first-order valence-electron chi connectivity index (χ1n) is 23.6. The van der Waals surface area contributed by atoms with Gasteiger partial charge in [-0.05, 0) is 106 Å². The highest BCUT2D eigenvalue weighted by molar-refractivity contribution is 6.47. The second kappa shape index (κ2) is 20.8. The van der Waals surface area contributed by atoms with Crippen LogP contribution in [0.1, 0.15) is 116 Å². The SMILES string of the molecule is CCCCCCc1ccc(-c2ccc(C(=O)N3CC(C[NH3+])C[C@H]3C(=O)N[C@H](C(=O)N[C@@H](C)C(=O)N[C@@H](CC(N)=O)C(=O)N[C@@H](C)B3O[C@@H]4C[C@@H]5C[C@@H](C5(C)C)[C@]4(C)O3)[C@H](C)O)cc2)cc1. The van der Waals surface area contributed by atoms with Gasteiger partial charge in [-0.15, -0.1) is 0 Å². The molecule has 11 atom stereocenters. The lowest BCUT2D eigenvalue weighted by molar-refractivity contribution is -0.377. The van der Waals surface area contributed by atoms with Gasteiger partial charge in [0.05, 0.1) is 36.7 Å². The monoisotopic (exact) mass is 901 g/mol. The number of nitrogens with one attached hydrogen (secondary N) is 4. The van der Waals surface area contributed by atoms with E-state index in [0.29, 0.717) is 30.4 Å². The molecule has 2 bridgehead atoms. The van der Waals surface area contributed by atoms with Gasteiger partial charge in [-0.1, -0.05) is 76.4 Å². The number of hydrogen-bond donors (Lipinski definition) is 7. The molecule has 0 radical (unpaired) electrons. The van der Waals surface area contributed by atoms with Crippen molar-refractivity contribution >= 4 is 42.6 Å². The van der Waals surface area contributed by atoms with E-state index in [1.165, 1.54) is 43.6 Å². The molecule has 5 fully saturated rings. The second-order valence-electron chi connectivity index (χ2n) is 19.8. The molecule has 2 saturated heterocycles. The molecule has 2 aromatic rings. The molecule has 5 aliphatic rings. The van der Waals surface area contributed by atoms with Crippen LogP contribution in [0.4, 0.5) is 0 Å². The molecule has 3 aliphatic carbocycles. The number of unbranched alkanes of at least 4 members (excludes halogenated alkanes) is 3. The lowest BCUT2D eigenvalue weighted by atomic mass is 9.43. The zero-order valence-electron chi connectivity index (χ0n) is 39.2. The van der Waals surface area contributed by atoms with Crippen LogP contribution in [-0.2, 0) is 39.7 Å². The molecule has 2 aliphatic heterocycles. The van der Waals surface area contributed by atoms with E-state index in [0.717, 1.165) is 36.8 Å². The van der Waals surface area contributed by atoms with Crippen LogP contribution in [0.2, 0.25) is 0 Å². The van der Waals surface area contributed by atoms with Crippen LogP contribution in [-0.4, -0.2) is 114 Å². The topological polar surface area (TPSA) is 246 Å². The van der Waals surface area contributed by atoms with Crippen molar-refractivity contribution in [2.75, 3.05) is 13.1 Å². The minimum absolute atomic E-state index is 0.0748. The standard InChI is InChI=1S/C48H70BN7O9/c1-8-9-10-11-12-30-13-15-32(16-14-30)33-17-19-34(20-18-33)46(63)56-26-31(25-50)21-37(56)44(61)55-41(28(3)57)45(62)52-27(2)42(59)54-36(24-40(51)58)43(60)53-29(4)49-64-39-23-35-22-38(47(35,5)6)48(39,7)65-49/h13-20,27-29,31,35-39,41,57H,8-12,21-26,50H2,1-7H3,(H2,51,58)(H,52,62)(H,53,60)(H,54,59)(H,55,61)/p+1/t27-,28-,29-,31?,35-,36-,37-,38-,39+,41-,48-/m0/s1. The highest BCUT2D eigenvalue weighted by Gasteiger charge is 2.68. The Hall–Kier alpha value is -4.84. The number of nitrogens with two attached hydrogens (primary N) is 1. The van der Waals surface area contributed by atoms with E-state index >= 15 is 0 Å². The van der Waals surface area contributed by atoms with Gasteiger partial charge in [0.15, 0.2) is 0 Å². The maximum Gasteiger partial charge on any atom is 0.481 e. The lowest BCUT2D eigenvalue weighted by Gasteiger charge is -2.64. The van der Waals surface area contributed by atoms with Crippen molar-refractivity contribution in [2.24, 2.45) is 28.9 Å². The van der Waals surface area contributed by atoms with Crippen LogP contribution in [0, 0.1) is 23.2 Å². The summed E-state index contributed by atoms with van der Waals surface area (Å²) in [4.78, 5) is 81.9. The molecular formula is C48H71BN7O9+. The zero-order valence-corrected chi connectivity index (χ0v) is 39.2. The summed E-state index contributed by atoms with van der Waals surface area (Å²) >= 11 is 0. The molecule has 16 nitrogen and oxygen atoms in total. The third-order valence-electron chi connectivity index (χ3n) is 14.7. The third-order valence-corrected chi connectivity index (χ3v) is 14.7. The predicted octanol–water partition coefficient (Wildman–Crippen LogP) is 2.05. The Morgan fingerprint density at radius 1 is 0.862 bits per heavy atom. The number of quaternary nitrogens is 1. The van der Waals surface area contributed by atoms with E-state index < -0.39 is 84.9 Å². The van der Waals surface area contributed by atoms with E-state index in [9.17, 15) is 33.9 Å². The molecule has 0 spiro atoms. The zero-order chi connectivity index (χ0) is 47.4. The van der Waals surface area contributed by atoms with Crippen LogP contribution in [0.15, 0.2) is 48.5 Å². The number of carbonyl (C=O) groups excluding carboxylic acids is 6. The Balaban J connectivity index is 1.03. The molecule has 6 amide bonds. The number of aliphatic hydroxyl groups is 1. The van der Waals surface area contributed by atoms with Crippen molar-refractivity contribution in [1.82, 2.24) is 26.2 Å². The molecule has 10 N–H and O–H groups in total. The van der Waals surface area contributed by atoms with E-state index in [-0.39, 0.29) is 29.9 Å². The Labute approximate surface area is 383 Å². The number of amides is 6. The number of benzene rings is 2. The summed E-state index contributed by atoms with van der Waals surface area (Å²) in [6.45, 7) is 13.9. The lowest BCUT2D eigenvalue weighted by Crippen LogP contribution is -2.65. The Morgan fingerprint density at radius 3 is 2.12 bits per heavy atom. The Bertz CT molecular complexity index is 2050. The van der Waals surface area contributed by atoms with Crippen LogP contribution in [0.3, 0.4) is 0 Å². The van der Waals surface area contributed by atoms with E-state index in [1.54, 1.807) is 19.1 Å². The van der Waals surface area contributed by atoms with Gasteiger partial charge in [-0.2, -0.15) is 0 Å². The normalized spacial score (nSPS) is 26.4. The van der Waals surface area contributed by atoms with Crippen LogP contribution in [0.5, 0.6) is 0 Å². The molecule has 7 rings (SSSR count). The summed E-state index contributed by atoms with van der Waals surface area (Å²) in [6, 6.07) is 10.6. The number of hydrogen-bond acceptors (Lipinski definition) is 9. The predicted molar refractivity (Wildman–Crippen MR) is 245 cm³/mol. The molecule has 1 unspecified atom stereocenters. The van der Waals surface area contributed by atoms with Gasteiger partial charge >= 0.3 is 7.12 Å². The first-order valence-corrected chi connectivity index (χ1v) is 23.6. The molecule has 17 heteroatoms. The molecule has 354 valence electrons. The average Bonchev–Trinajstić information content (AvgIpc) is 3.88. The Kier molecular flexibility index (Phi) is 15.8. The van der Waals surface area contributed by atoms with Crippen molar-refractivity contribution in [1.29, 1.82) is 0 Å². The second-order valence-corrected chi connectivity index (χ2v) is 19.8. The fourth-order valence-electron chi connectivity index (χ4n) is 10.4. The molecule has 2 heterocycles. The highest BCUT2D eigenvalue weighted by atomic mass is 16.7. The van der Waals surface area contributed by atoms with Crippen LogP contribution < -0.4 is 32.7 Å². The fraction of sp³-hybridized carbons (Fsp3) is 0.625. The maximum atomic E-state index is 13.9. The number of aliphatic hydroxyl groups excluding tert-OH is 1. The van der Waals surface area contributed by atoms with Gasteiger partial charge < -0.3 is 52.0 Å². The van der Waals surface area contributed by atoms with E-state index in [4.69, 9.17) is 15.0 Å². The molecular weight excluding hydrogens is 829 g/mol. The summed E-state index contributed by atoms with van der Waals surface area (Å²) < 4.78 is 12.8. The van der Waals surface area contributed by atoms with E-state index in [1.807, 2.05) is 12.1 Å². The average molecular weight is 901 g/mol. The Morgan fingerprint density at radius 2 is 1.52 bits per heavy atom. The van der Waals surface area contributed by atoms with Gasteiger partial charge in [-0.3, -0.25) is 28.8 Å².